The summed E-state index contributed by atoms with van der Waals surface area (Å²) in [4.78, 5) is 0.322. The molecule has 1 aromatic heterocycles. The van der Waals surface area contributed by atoms with Gasteiger partial charge in [-0.15, -0.1) is 12.4 Å². The van der Waals surface area contributed by atoms with Crippen LogP contribution in [-0.4, -0.2) is 37.9 Å². The molecule has 2 aliphatic rings. The van der Waals surface area contributed by atoms with Crippen molar-refractivity contribution in [2.24, 2.45) is 0 Å². The van der Waals surface area contributed by atoms with E-state index in [2.05, 4.69) is 5.32 Å². The Hall–Kier alpha value is -0.560. The van der Waals surface area contributed by atoms with Gasteiger partial charge in [0.2, 0.25) is 10.0 Å². The molecule has 2 saturated heterocycles. The van der Waals surface area contributed by atoms with Crippen molar-refractivity contribution in [3.8, 4) is 0 Å². The van der Waals surface area contributed by atoms with Crippen LogP contribution in [0.3, 0.4) is 0 Å². The van der Waals surface area contributed by atoms with E-state index in [-0.39, 0.29) is 12.4 Å². The highest BCUT2D eigenvalue weighted by Gasteiger charge is 2.36. The van der Waals surface area contributed by atoms with Gasteiger partial charge in [-0.2, -0.15) is 4.31 Å². The Morgan fingerprint density at radius 1 is 1.25 bits per heavy atom. The molecule has 114 valence electrons. The fourth-order valence-electron chi connectivity index (χ4n) is 3.13. The average Bonchev–Trinajstić information content (AvgIpc) is 2.81. The second-order valence-electron chi connectivity index (χ2n) is 5.57. The monoisotopic (exact) mass is 320 g/mol. The summed E-state index contributed by atoms with van der Waals surface area (Å²) in [5, 5.41) is 3.50. The van der Waals surface area contributed by atoms with E-state index in [4.69, 9.17) is 4.42 Å². The van der Waals surface area contributed by atoms with E-state index in [1.165, 1.54) is 6.42 Å². The summed E-state index contributed by atoms with van der Waals surface area (Å²) in [6.07, 6.45) is 3.13. The van der Waals surface area contributed by atoms with Gasteiger partial charge in [-0.25, -0.2) is 8.42 Å². The fourth-order valence-corrected chi connectivity index (χ4v) is 4.85. The number of aryl methyl sites for hydroxylation is 2. The van der Waals surface area contributed by atoms with E-state index in [9.17, 15) is 8.42 Å². The Bertz CT molecular complexity index is 584. The molecule has 0 aliphatic carbocycles. The number of furan rings is 1. The first-order chi connectivity index (χ1) is 8.96. The van der Waals surface area contributed by atoms with Crippen molar-refractivity contribution in [1.82, 2.24) is 9.62 Å². The number of sulfonamides is 1. The largest absolute Gasteiger partial charge is 0.465 e. The van der Waals surface area contributed by atoms with Crippen LogP contribution in [0.2, 0.25) is 0 Å². The lowest BCUT2D eigenvalue weighted by atomic mass is 10.1. The van der Waals surface area contributed by atoms with Crippen molar-refractivity contribution < 1.29 is 12.8 Å². The summed E-state index contributed by atoms with van der Waals surface area (Å²) in [7, 11) is -3.42. The third-order valence-electron chi connectivity index (χ3n) is 4.10. The summed E-state index contributed by atoms with van der Waals surface area (Å²) >= 11 is 0. The molecule has 2 fully saturated rings. The van der Waals surface area contributed by atoms with Gasteiger partial charge in [-0.05, 0) is 39.2 Å². The number of nitrogens with one attached hydrogen (secondary N) is 1. The highest BCUT2D eigenvalue weighted by atomic mass is 35.5. The zero-order valence-electron chi connectivity index (χ0n) is 11.8. The first kappa shape index (κ1) is 15.8. The molecule has 0 saturated carbocycles. The maximum absolute atomic E-state index is 12.7. The minimum absolute atomic E-state index is 0. The highest BCUT2D eigenvalue weighted by Crippen LogP contribution is 2.27. The molecule has 7 heteroatoms. The molecule has 0 radical (unpaired) electrons. The van der Waals surface area contributed by atoms with E-state index in [0.29, 0.717) is 41.6 Å². The SMILES string of the molecule is Cc1cc(S(=O)(=O)N2CCC3CCC(C2)N3)c(C)o1.Cl. The average molecular weight is 321 g/mol. The Kier molecular flexibility index (Phi) is 4.49. The number of nitrogens with zero attached hydrogens (tertiary/aromatic N) is 1. The van der Waals surface area contributed by atoms with Crippen molar-refractivity contribution in [3.63, 3.8) is 0 Å². The molecule has 3 heterocycles. The lowest BCUT2D eigenvalue weighted by Gasteiger charge is -2.23. The summed E-state index contributed by atoms with van der Waals surface area (Å²) in [5.74, 6) is 1.13. The minimum Gasteiger partial charge on any atom is -0.465 e. The predicted molar refractivity (Wildman–Crippen MR) is 78.8 cm³/mol. The van der Waals surface area contributed by atoms with Gasteiger partial charge in [0.25, 0.3) is 0 Å². The Morgan fingerprint density at radius 2 is 1.95 bits per heavy atom. The smallest absolute Gasteiger partial charge is 0.246 e. The molecule has 2 aliphatic heterocycles. The summed E-state index contributed by atoms with van der Waals surface area (Å²) in [5.41, 5.74) is 0. The number of hydrogen-bond donors (Lipinski definition) is 1. The van der Waals surface area contributed by atoms with Crippen LogP contribution in [0.15, 0.2) is 15.4 Å². The molecule has 20 heavy (non-hydrogen) atoms. The van der Waals surface area contributed by atoms with Crippen LogP contribution in [0.5, 0.6) is 0 Å². The maximum Gasteiger partial charge on any atom is 0.246 e. The molecule has 3 rings (SSSR count). The molecule has 0 aromatic carbocycles. The van der Waals surface area contributed by atoms with Crippen molar-refractivity contribution in [2.45, 2.75) is 50.1 Å². The molecule has 0 spiro atoms. The van der Waals surface area contributed by atoms with Gasteiger partial charge in [-0.3, -0.25) is 0 Å². The van der Waals surface area contributed by atoms with E-state index in [0.717, 1.165) is 12.8 Å². The van der Waals surface area contributed by atoms with E-state index in [1.54, 1.807) is 24.2 Å². The quantitative estimate of drug-likeness (QED) is 0.903. The molecule has 1 N–H and O–H groups in total. The molecule has 2 atom stereocenters. The van der Waals surface area contributed by atoms with Crippen LogP contribution in [0.4, 0.5) is 0 Å². The second-order valence-corrected chi connectivity index (χ2v) is 7.47. The first-order valence-electron chi connectivity index (χ1n) is 6.80. The molecular weight excluding hydrogens is 300 g/mol. The van der Waals surface area contributed by atoms with Crippen LogP contribution < -0.4 is 5.32 Å². The van der Waals surface area contributed by atoms with Crippen LogP contribution in [0.1, 0.15) is 30.8 Å². The van der Waals surface area contributed by atoms with Crippen molar-refractivity contribution >= 4 is 22.4 Å². The maximum atomic E-state index is 12.7. The van der Waals surface area contributed by atoms with Gasteiger partial charge >= 0.3 is 0 Å². The highest BCUT2D eigenvalue weighted by molar-refractivity contribution is 7.89. The van der Waals surface area contributed by atoms with E-state index < -0.39 is 10.0 Å². The second kappa shape index (κ2) is 5.67. The predicted octanol–water partition coefficient (Wildman–Crippen LogP) is 1.83. The number of hydrogen-bond acceptors (Lipinski definition) is 4. The van der Waals surface area contributed by atoms with Crippen molar-refractivity contribution in [2.75, 3.05) is 13.1 Å². The van der Waals surface area contributed by atoms with Gasteiger partial charge in [-0.1, -0.05) is 0 Å². The van der Waals surface area contributed by atoms with Gasteiger partial charge in [0.05, 0.1) is 0 Å². The lowest BCUT2D eigenvalue weighted by Crippen LogP contribution is -2.39. The van der Waals surface area contributed by atoms with Crippen LogP contribution in [0.25, 0.3) is 0 Å². The third-order valence-corrected chi connectivity index (χ3v) is 6.07. The van der Waals surface area contributed by atoms with Gasteiger partial charge in [0.1, 0.15) is 16.4 Å². The standard InChI is InChI=1S/C13H20N2O3S.ClH/c1-9-7-13(10(2)18-9)19(16,17)15-6-5-11-3-4-12(8-15)14-11;/h7,11-12,14H,3-6,8H2,1-2H3;1H. The Morgan fingerprint density at radius 3 is 2.60 bits per heavy atom. The fraction of sp³-hybridized carbons (Fsp3) is 0.692. The summed E-state index contributed by atoms with van der Waals surface area (Å²) in [6, 6.07) is 2.41. The third kappa shape index (κ3) is 2.74. The minimum atomic E-state index is -3.42. The van der Waals surface area contributed by atoms with E-state index >= 15 is 0 Å². The van der Waals surface area contributed by atoms with Crippen LogP contribution in [-0.2, 0) is 10.0 Å². The Balaban J connectivity index is 0.00000147. The molecule has 2 unspecified atom stereocenters. The van der Waals surface area contributed by atoms with Crippen LogP contribution in [0, 0.1) is 13.8 Å². The van der Waals surface area contributed by atoms with Crippen LogP contribution >= 0.6 is 12.4 Å². The lowest BCUT2D eigenvalue weighted by molar-refractivity contribution is 0.382. The molecule has 5 nitrogen and oxygen atoms in total. The van der Waals surface area contributed by atoms with Crippen molar-refractivity contribution in [3.05, 3.63) is 17.6 Å². The summed E-state index contributed by atoms with van der Waals surface area (Å²) in [6.45, 7) is 4.66. The van der Waals surface area contributed by atoms with E-state index in [1.807, 2.05) is 0 Å². The molecule has 1 aromatic rings. The number of halogens is 1. The van der Waals surface area contributed by atoms with Gasteiger partial charge in [0, 0.05) is 25.2 Å². The summed E-state index contributed by atoms with van der Waals surface area (Å²) < 4.78 is 32.4. The zero-order valence-corrected chi connectivity index (χ0v) is 13.4. The molecule has 0 amide bonds. The normalized spacial score (nSPS) is 27.1. The first-order valence-corrected chi connectivity index (χ1v) is 8.24. The topological polar surface area (TPSA) is 62.6 Å². The number of rotatable bonds is 2. The molecular formula is C13H21ClN2O3S. The molecule has 2 bridgehead atoms. The van der Waals surface area contributed by atoms with Gasteiger partial charge in [0.15, 0.2) is 0 Å². The zero-order chi connectivity index (χ0) is 13.6. The van der Waals surface area contributed by atoms with Gasteiger partial charge < -0.3 is 9.73 Å². The number of fused-ring (bicyclic) bond motifs is 2. The van der Waals surface area contributed by atoms with Crippen molar-refractivity contribution in [1.29, 1.82) is 0 Å². The Labute approximate surface area is 126 Å².